The molecule has 0 unspecified atom stereocenters. The molecule has 0 spiro atoms. The Kier molecular flexibility index (Phi) is 3.74. The Bertz CT molecular complexity index is 615. The minimum Gasteiger partial charge on any atom is -0.206 e. The first-order valence-electron chi connectivity index (χ1n) is 5.55. The van der Waals surface area contributed by atoms with E-state index in [9.17, 15) is 26.3 Å². The molecule has 0 aromatic heterocycles. The molecule has 2 rings (SSSR count). The van der Waals surface area contributed by atoms with Crippen molar-refractivity contribution in [3.8, 4) is 11.1 Å². The number of halogens is 6. The fraction of sp³-hybridized carbons (Fsp3) is 0.143. The van der Waals surface area contributed by atoms with E-state index in [0.717, 1.165) is 36.4 Å². The lowest BCUT2D eigenvalue weighted by Gasteiger charge is -2.16. The van der Waals surface area contributed by atoms with Gasteiger partial charge in [0.25, 0.3) is 6.43 Å². The van der Waals surface area contributed by atoms with Gasteiger partial charge in [-0.25, -0.2) is 13.2 Å². The number of hydrogen-bond acceptors (Lipinski definition) is 0. The summed E-state index contributed by atoms with van der Waals surface area (Å²) in [5.41, 5.74) is -3.01. The molecule has 0 saturated heterocycles. The lowest BCUT2D eigenvalue weighted by atomic mass is 9.95. The van der Waals surface area contributed by atoms with E-state index in [4.69, 9.17) is 0 Å². The van der Waals surface area contributed by atoms with Crippen molar-refractivity contribution < 1.29 is 26.3 Å². The van der Waals surface area contributed by atoms with Crippen molar-refractivity contribution in [2.24, 2.45) is 0 Å². The molecule has 0 radical (unpaired) electrons. The summed E-state index contributed by atoms with van der Waals surface area (Å²) in [7, 11) is 0. The molecule has 2 aromatic carbocycles. The van der Waals surface area contributed by atoms with Gasteiger partial charge in [-0.15, -0.1) is 0 Å². The maximum atomic E-state index is 13.5. The van der Waals surface area contributed by atoms with Crippen LogP contribution in [0.5, 0.6) is 0 Å². The second-order valence-corrected chi connectivity index (χ2v) is 4.05. The van der Waals surface area contributed by atoms with Crippen molar-refractivity contribution in [3.05, 3.63) is 59.4 Å². The fourth-order valence-electron chi connectivity index (χ4n) is 1.96. The van der Waals surface area contributed by atoms with E-state index in [1.165, 1.54) is 6.07 Å². The third-order valence-corrected chi connectivity index (χ3v) is 2.79. The van der Waals surface area contributed by atoms with Gasteiger partial charge in [0.15, 0.2) is 0 Å². The lowest BCUT2D eigenvalue weighted by molar-refractivity contribution is -0.137. The molecular formula is C14H8F6. The van der Waals surface area contributed by atoms with Gasteiger partial charge in [-0.1, -0.05) is 30.3 Å². The lowest BCUT2D eigenvalue weighted by Crippen LogP contribution is -2.08. The zero-order valence-electron chi connectivity index (χ0n) is 9.89. The minimum absolute atomic E-state index is 0.451. The molecule has 0 fully saturated rings. The molecule has 6 heteroatoms. The zero-order valence-corrected chi connectivity index (χ0v) is 9.89. The molecule has 0 nitrogen and oxygen atoms in total. The maximum absolute atomic E-state index is 13.5. The highest BCUT2D eigenvalue weighted by Gasteiger charge is 2.34. The average Bonchev–Trinajstić information content (AvgIpc) is 2.37. The van der Waals surface area contributed by atoms with E-state index in [-0.39, 0.29) is 0 Å². The Morgan fingerprint density at radius 3 is 2.00 bits per heavy atom. The van der Waals surface area contributed by atoms with Crippen LogP contribution in [-0.2, 0) is 6.18 Å². The molecule has 0 atom stereocenters. The van der Waals surface area contributed by atoms with Crippen molar-refractivity contribution >= 4 is 0 Å². The summed E-state index contributed by atoms with van der Waals surface area (Å²) in [6, 6.07) is 7.19. The smallest absolute Gasteiger partial charge is 0.206 e. The van der Waals surface area contributed by atoms with E-state index in [1.54, 1.807) is 0 Å². The fourth-order valence-corrected chi connectivity index (χ4v) is 1.96. The molecule has 0 heterocycles. The molecule has 0 bridgehead atoms. The predicted octanol–water partition coefficient (Wildman–Crippen LogP) is 5.45. The van der Waals surface area contributed by atoms with Crippen LogP contribution in [0.2, 0.25) is 0 Å². The van der Waals surface area contributed by atoms with Crippen LogP contribution in [-0.4, -0.2) is 0 Å². The molecule has 106 valence electrons. The van der Waals surface area contributed by atoms with Crippen molar-refractivity contribution in [1.29, 1.82) is 0 Å². The van der Waals surface area contributed by atoms with Crippen LogP contribution in [0, 0.1) is 5.82 Å². The highest BCUT2D eigenvalue weighted by Crippen LogP contribution is 2.40. The molecule has 0 amide bonds. The molecular weight excluding hydrogens is 282 g/mol. The van der Waals surface area contributed by atoms with Crippen molar-refractivity contribution in [1.82, 2.24) is 0 Å². The Labute approximate surface area is 110 Å². The first-order chi connectivity index (χ1) is 9.32. The molecule has 0 aliphatic rings. The SMILES string of the molecule is Fc1cccc(-c2ccccc2C(F)(F)F)c1C(F)F. The van der Waals surface area contributed by atoms with E-state index in [2.05, 4.69) is 0 Å². The Hall–Kier alpha value is -1.98. The first-order valence-corrected chi connectivity index (χ1v) is 5.55. The van der Waals surface area contributed by atoms with Crippen LogP contribution in [0.4, 0.5) is 26.3 Å². The van der Waals surface area contributed by atoms with Crippen LogP contribution in [0.25, 0.3) is 11.1 Å². The summed E-state index contributed by atoms with van der Waals surface area (Å²) in [4.78, 5) is 0. The van der Waals surface area contributed by atoms with Crippen molar-refractivity contribution in [3.63, 3.8) is 0 Å². The average molecular weight is 290 g/mol. The van der Waals surface area contributed by atoms with E-state index in [0.29, 0.717) is 0 Å². The Morgan fingerprint density at radius 1 is 0.800 bits per heavy atom. The van der Waals surface area contributed by atoms with Gasteiger partial charge >= 0.3 is 6.18 Å². The Morgan fingerprint density at radius 2 is 1.40 bits per heavy atom. The Balaban J connectivity index is 2.73. The van der Waals surface area contributed by atoms with Gasteiger partial charge in [-0.05, 0) is 23.3 Å². The zero-order chi connectivity index (χ0) is 14.9. The van der Waals surface area contributed by atoms with Crippen LogP contribution in [0.3, 0.4) is 0 Å². The van der Waals surface area contributed by atoms with E-state index in [1.807, 2.05) is 0 Å². The summed E-state index contributed by atoms with van der Waals surface area (Å²) < 4.78 is 77.9. The summed E-state index contributed by atoms with van der Waals surface area (Å²) in [5, 5.41) is 0. The largest absolute Gasteiger partial charge is 0.417 e. The highest BCUT2D eigenvalue weighted by molar-refractivity contribution is 5.71. The number of hydrogen-bond donors (Lipinski definition) is 0. The molecule has 0 saturated carbocycles. The second kappa shape index (κ2) is 5.19. The number of rotatable bonds is 2. The van der Waals surface area contributed by atoms with Crippen LogP contribution < -0.4 is 0 Å². The monoisotopic (exact) mass is 290 g/mol. The summed E-state index contributed by atoms with van der Waals surface area (Å²) in [6.07, 6.45) is -7.91. The van der Waals surface area contributed by atoms with Crippen LogP contribution in [0.1, 0.15) is 17.6 Å². The van der Waals surface area contributed by atoms with Crippen molar-refractivity contribution in [2.75, 3.05) is 0 Å². The third-order valence-electron chi connectivity index (χ3n) is 2.79. The number of alkyl halides is 5. The first kappa shape index (κ1) is 14.4. The van der Waals surface area contributed by atoms with Crippen LogP contribution in [0.15, 0.2) is 42.5 Å². The molecule has 20 heavy (non-hydrogen) atoms. The molecule has 0 aliphatic carbocycles. The van der Waals surface area contributed by atoms with Crippen molar-refractivity contribution in [2.45, 2.75) is 12.6 Å². The quantitative estimate of drug-likeness (QED) is 0.645. The minimum atomic E-state index is -4.71. The summed E-state index contributed by atoms with van der Waals surface area (Å²) in [6.45, 7) is 0. The van der Waals surface area contributed by atoms with E-state index < -0.39 is 40.7 Å². The summed E-state index contributed by atoms with van der Waals surface area (Å²) in [5.74, 6) is -1.23. The second-order valence-electron chi connectivity index (χ2n) is 4.05. The van der Waals surface area contributed by atoms with Gasteiger partial charge in [0, 0.05) is 0 Å². The third kappa shape index (κ3) is 2.64. The van der Waals surface area contributed by atoms with Gasteiger partial charge in [0.2, 0.25) is 0 Å². The van der Waals surface area contributed by atoms with Gasteiger partial charge in [0.1, 0.15) is 5.82 Å². The summed E-state index contributed by atoms with van der Waals surface area (Å²) >= 11 is 0. The molecule has 0 aliphatic heterocycles. The van der Waals surface area contributed by atoms with E-state index >= 15 is 0 Å². The standard InChI is InChI=1S/C14H8F6/c15-11-7-3-5-9(12(11)13(16)17)8-4-1-2-6-10(8)14(18,19)20/h1-7,13H. The molecule has 0 N–H and O–H groups in total. The van der Waals surface area contributed by atoms with Gasteiger partial charge in [-0.3, -0.25) is 0 Å². The topological polar surface area (TPSA) is 0 Å². The van der Waals surface area contributed by atoms with Gasteiger partial charge in [0.05, 0.1) is 11.1 Å². The normalized spacial score (nSPS) is 11.9. The predicted molar refractivity (Wildman–Crippen MR) is 61.8 cm³/mol. The maximum Gasteiger partial charge on any atom is 0.417 e. The highest BCUT2D eigenvalue weighted by atomic mass is 19.4. The van der Waals surface area contributed by atoms with Crippen LogP contribution >= 0.6 is 0 Å². The van der Waals surface area contributed by atoms with Gasteiger partial charge < -0.3 is 0 Å². The molecule has 2 aromatic rings. The van der Waals surface area contributed by atoms with Gasteiger partial charge in [-0.2, -0.15) is 13.2 Å². The number of benzene rings is 2.